The van der Waals surface area contributed by atoms with Gasteiger partial charge in [0.2, 0.25) is 0 Å². The van der Waals surface area contributed by atoms with Gasteiger partial charge in [-0.25, -0.2) is 10.2 Å². The molecule has 0 fully saturated rings. The molecule has 0 aliphatic heterocycles. The fourth-order valence-corrected chi connectivity index (χ4v) is 2.61. The highest BCUT2D eigenvalue weighted by molar-refractivity contribution is 6.06. The van der Waals surface area contributed by atoms with Crippen LogP contribution < -0.4 is 11.1 Å². The lowest BCUT2D eigenvalue weighted by Crippen LogP contribution is -2.22. The van der Waals surface area contributed by atoms with Crippen LogP contribution in [-0.4, -0.2) is 21.8 Å². The number of nitriles is 1. The standard InChI is InChI=1S/C21H15N3O5/c1-12(18-19(26)16-8-7-15(25)10-17(16)29-21(18)28)23-24-20(27)14(11-22)9-13-5-3-2-4-6-13/h2-10,25-26H,1H3,(H,24,27)/b14-9+,23-12+. The maximum atomic E-state index is 12.2. The average Bonchev–Trinajstić information content (AvgIpc) is 2.70. The van der Waals surface area contributed by atoms with Crippen molar-refractivity contribution in [2.75, 3.05) is 0 Å². The van der Waals surface area contributed by atoms with E-state index in [-0.39, 0.29) is 33.6 Å². The third kappa shape index (κ3) is 4.14. The number of phenolic OH excluding ortho intramolecular Hbond substituents is 1. The number of benzene rings is 2. The number of aromatic hydroxyl groups is 2. The molecule has 0 atom stereocenters. The maximum absolute atomic E-state index is 12.2. The quantitative estimate of drug-likeness (QED) is 0.206. The second-order valence-corrected chi connectivity index (χ2v) is 6.01. The zero-order chi connectivity index (χ0) is 21.0. The number of hydrazone groups is 1. The molecule has 8 heteroatoms. The van der Waals surface area contributed by atoms with Gasteiger partial charge in [-0.3, -0.25) is 4.79 Å². The Morgan fingerprint density at radius 3 is 2.62 bits per heavy atom. The molecular weight excluding hydrogens is 374 g/mol. The number of phenols is 1. The number of carbonyl (C=O) groups excluding carboxylic acids is 1. The van der Waals surface area contributed by atoms with Crippen molar-refractivity contribution in [2.24, 2.45) is 5.10 Å². The third-order valence-corrected chi connectivity index (χ3v) is 4.03. The SMILES string of the molecule is C/C(=N\NC(=O)/C(C#N)=C/c1ccccc1)c1c(O)c2ccc(O)cc2oc1=O. The molecule has 0 spiro atoms. The lowest BCUT2D eigenvalue weighted by molar-refractivity contribution is -0.117. The van der Waals surface area contributed by atoms with Crippen molar-refractivity contribution >= 4 is 28.7 Å². The number of fused-ring (bicyclic) bond motifs is 1. The van der Waals surface area contributed by atoms with Crippen molar-refractivity contribution < 1.29 is 19.4 Å². The summed E-state index contributed by atoms with van der Waals surface area (Å²) in [6.07, 6.45) is 1.40. The van der Waals surface area contributed by atoms with E-state index < -0.39 is 17.3 Å². The summed E-state index contributed by atoms with van der Waals surface area (Å²) in [5.41, 5.74) is 1.53. The summed E-state index contributed by atoms with van der Waals surface area (Å²) in [6, 6.07) is 14.5. The molecule has 0 aliphatic rings. The van der Waals surface area contributed by atoms with Crippen molar-refractivity contribution in [3.63, 3.8) is 0 Å². The molecule has 0 aliphatic carbocycles. The number of carbonyl (C=O) groups is 1. The summed E-state index contributed by atoms with van der Waals surface area (Å²) >= 11 is 0. The predicted molar refractivity (Wildman–Crippen MR) is 106 cm³/mol. The molecule has 1 aromatic heterocycles. The van der Waals surface area contributed by atoms with Crippen LogP contribution in [0, 0.1) is 11.3 Å². The minimum absolute atomic E-state index is 0.00523. The highest BCUT2D eigenvalue weighted by atomic mass is 16.4. The van der Waals surface area contributed by atoms with Crippen molar-refractivity contribution in [1.82, 2.24) is 5.43 Å². The van der Waals surface area contributed by atoms with Gasteiger partial charge in [0.15, 0.2) is 0 Å². The smallest absolute Gasteiger partial charge is 0.349 e. The van der Waals surface area contributed by atoms with Gasteiger partial charge in [0.05, 0.1) is 11.1 Å². The largest absolute Gasteiger partial charge is 0.508 e. The highest BCUT2D eigenvalue weighted by Crippen LogP contribution is 2.29. The minimum atomic E-state index is -0.892. The molecule has 2 aromatic carbocycles. The van der Waals surface area contributed by atoms with E-state index in [1.165, 1.54) is 31.2 Å². The molecule has 0 unspecified atom stereocenters. The van der Waals surface area contributed by atoms with E-state index >= 15 is 0 Å². The summed E-state index contributed by atoms with van der Waals surface area (Å²) in [5, 5.41) is 33.1. The van der Waals surface area contributed by atoms with Gasteiger partial charge < -0.3 is 14.6 Å². The van der Waals surface area contributed by atoms with Crippen LogP contribution in [0.3, 0.4) is 0 Å². The Bertz CT molecular complexity index is 1250. The normalized spacial score (nSPS) is 11.9. The molecule has 0 saturated carbocycles. The predicted octanol–water partition coefficient (Wildman–Crippen LogP) is 2.65. The van der Waals surface area contributed by atoms with E-state index in [1.54, 1.807) is 36.4 Å². The Morgan fingerprint density at radius 2 is 1.93 bits per heavy atom. The minimum Gasteiger partial charge on any atom is -0.508 e. The van der Waals surface area contributed by atoms with Crippen LogP contribution in [0.4, 0.5) is 0 Å². The average molecular weight is 389 g/mol. The number of hydrogen-bond acceptors (Lipinski definition) is 7. The van der Waals surface area contributed by atoms with Crippen LogP contribution in [0.2, 0.25) is 0 Å². The van der Waals surface area contributed by atoms with Gasteiger partial charge in [0.1, 0.15) is 34.3 Å². The second-order valence-electron chi connectivity index (χ2n) is 6.01. The fraction of sp³-hybridized carbons (Fsp3) is 0.0476. The first kappa shape index (κ1) is 19.4. The van der Waals surface area contributed by atoms with E-state index in [2.05, 4.69) is 10.5 Å². The van der Waals surface area contributed by atoms with Crippen molar-refractivity contribution in [1.29, 1.82) is 5.26 Å². The fourth-order valence-electron chi connectivity index (χ4n) is 2.61. The van der Waals surface area contributed by atoms with Gasteiger partial charge in [0.25, 0.3) is 5.91 Å². The van der Waals surface area contributed by atoms with Gasteiger partial charge in [-0.1, -0.05) is 30.3 Å². The highest BCUT2D eigenvalue weighted by Gasteiger charge is 2.17. The summed E-state index contributed by atoms with van der Waals surface area (Å²) in [5.74, 6) is -1.29. The van der Waals surface area contributed by atoms with Crippen molar-refractivity contribution in [3.05, 3.63) is 75.7 Å². The lowest BCUT2D eigenvalue weighted by Gasteiger charge is -2.07. The van der Waals surface area contributed by atoms with E-state index in [9.17, 15) is 25.1 Å². The van der Waals surface area contributed by atoms with Gasteiger partial charge in [-0.05, 0) is 30.7 Å². The maximum Gasteiger partial charge on any atom is 0.349 e. The monoisotopic (exact) mass is 389 g/mol. The molecule has 8 nitrogen and oxygen atoms in total. The van der Waals surface area contributed by atoms with Crippen LogP contribution in [0.5, 0.6) is 11.5 Å². The molecule has 3 aromatic rings. The van der Waals surface area contributed by atoms with Crippen LogP contribution >= 0.6 is 0 Å². The molecule has 3 rings (SSSR count). The first-order valence-corrected chi connectivity index (χ1v) is 8.41. The topological polar surface area (TPSA) is 136 Å². The van der Waals surface area contributed by atoms with Gasteiger partial charge in [0, 0.05) is 6.07 Å². The zero-order valence-electron chi connectivity index (χ0n) is 15.2. The van der Waals surface area contributed by atoms with E-state index in [0.717, 1.165) is 0 Å². The molecule has 0 saturated heterocycles. The molecule has 3 N–H and O–H groups in total. The molecule has 1 amide bonds. The van der Waals surface area contributed by atoms with Gasteiger partial charge in [-0.15, -0.1) is 0 Å². The van der Waals surface area contributed by atoms with E-state index in [4.69, 9.17) is 4.42 Å². The Labute approximate surface area is 164 Å². The van der Waals surface area contributed by atoms with Gasteiger partial charge in [-0.2, -0.15) is 10.4 Å². The number of rotatable bonds is 4. The molecular formula is C21H15N3O5. The van der Waals surface area contributed by atoms with Gasteiger partial charge >= 0.3 is 5.63 Å². The Balaban J connectivity index is 1.91. The first-order valence-electron chi connectivity index (χ1n) is 8.41. The van der Waals surface area contributed by atoms with Crippen LogP contribution in [-0.2, 0) is 4.79 Å². The number of nitrogens with zero attached hydrogens (tertiary/aromatic N) is 2. The number of amides is 1. The first-order chi connectivity index (χ1) is 13.9. The molecule has 29 heavy (non-hydrogen) atoms. The molecule has 0 bridgehead atoms. The van der Waals surface area contributed by atoms with E-state index in [0.29, 0.717) is 5.56 Å². The van der Waals surface area contributed by atoms with Crippen LogP contribution in [0.1, 0.15) is 18.1 Å². The zero-order valence-corrected chi connectivity index (χ0v) is 15.2. The van der Waals surface area contributed by atoms with Crippen molar-refractivity contribution in [2.45, 2.75) is 6.92 Å². The summed E-state index contributed by atoms with van der Waals surface area (Å²) in [6.45, 7) is 1.39. The molecule has 1 heterocycles. The lowest BCUT2D eigenvalue weighted by atomic mass is 10.1. The summed E-state index contributed by atoms with van der Waals surface area (Å²) in [7, 11) is 0. The Morgan fingerprint density at radius 1 is 1.21 bits per heavy atom. The number of hydrogen-bond donors (Lipinski definition) is 3. The summed E-state index contributed by atoms with van der Waals surface area (Å²) in [4.78, 5) is 24.5. The van der Waals surface area contributed by atoms with Crippen molar-refractivity contribution in [3.8, 4) is 17.6 Å². The van der Waals surface area contributed by atoms with Crippen LogP contribution in [0.25, 0.3) is 17.0 Å². The third-order valence-electron chi connectivity index (χ3n) is 4.03. The van der Waals surface area contributed by atoms with E-state index in [1.807, 2.05) is 0 Å². The van der Waals surface area contributed by atoms with Crippen LogP contribution in [0.15, 0.2) is 68.4 Å². The number of nitrogens with one attached hydrogen (secondary N) is 1. The Kier molecular flexibility index (Phi) is 5.42. The summed E-state index contributed by atoms with van der Waals surface area (Å²) < 4.78 is 5.10. The second kappa shape index (κ2) is 8.10. The Hall–Kier alpha value is -4.38. The molecule has 0 radical (unpaired) electrons. The molecule has 144 valence electrons.